The lowest BCUT2D eigenvalue weighted by molar-refractivity contribution is -0.115. The second-order valence-corrected chi connectivity index (χ2v) is 5.29. The van der Waals surface area contributed by atoms with Crippen molar-refractivity contribution in [3.63, 3.8) is 0 Å². The molecule has 2 N–H and O–H groups in total. The Morgan fingerprint density at radius 2 is 1.90 bits per heavy atom. The standard InChI is InChI=1S/C15H13Cl2NO2/c1-9-6-11(3-5-14(9)19)18-15(20)8-10-2-4-12(16)13(17)7-10/h2-7,19H,8H2,1H3,(H,18,20). The van der Waals surface area contributed by atoms with Crippen LogP contribution in [0.2, 0.25) is 10.0 Å². The van der Waals surface area contributed by atoms with Gasteiger partial charge in [-0.1, -0.05) is 29.3 Å². The highest BCUT2D eigenvalue weighted by Gasteiger charge is 2.07. The molecule has 2 aromatic carbocycles. The molecule has 5 heteroatoms. The maximum absolute atomic E-state index is 11.9. The highest BCUT2D eigenvalue weighted by atomic mass is 35.5. The van der Waals surface area contributed by atoms with Crippen LogP contribution in [0.5, 0.6) is 5.75 Å². The van der Waals surface area contributed by atoms with Gasteiger partial charge in [-0.3, -0.25) is 4.79 Å². The molecule has 0 heterocycles. The largest absolute Gasteiger partial charge is 0.508 e. The van der Waals surface area contributed by atoms with Gasteiger partial charge in [-0.2, -0.15) is 0 Å². The second kappa shape index (κ2) is 6.16. The summed E-state index contributed by atoms with van der Waals surface area (Å²) in [5.41, 5.74) is 2.13. The number of hydrogen-bond acceptors (Lipinski definition) is 2. The van der Waals surface area contributed by atoms with Crippen molar-refractivity contribution in [1.29, 1.82) is 0 Å². The topological polar surface area (TPSA) is 49.3 Å². The first-order valence-corrected chi connectivity index (χ1v) is 6.74. The summed E-state index contributed by atoms with van der Waals surface area (Å²) in [4.78, 5) is 11.9. The quantitative estimate of drug-likeness (QED) is 0.835. The molecule has 0 spiro atoms. The molecule has 0 bridgehead atoms. The van der Waals surface area contributed by atoms with Gasteiger partial charge in [-0.25, -0.2) is 0 Å². The van der Waals surface area contributed by atoms with Gasteiger partial charge in [0.2, 0.25) is 5.91 Å². The van der Waals surface area contributed by atoms with Crippen LogP contribution in [0.25, 0.3) is 0 Å². The molecule has 0 aliphatic heterocycles. The van der Waals surface area contributed by atoms with Crippen LogP contribution in [0.15, 0.2) is 36.4 Å². The van der Waals surface area contributed by atoms with E-state index < -0.39 is 0 Å². The fourth-order valence-corrected chi connectivity index (χ4v) is 2.09. The molecular formula is C15H13Cl2NO2. The summed E-state index contributed by atoms with van der Waals surface area (Å²) in [5.74, 6) is 0.0426. The van der Waals surface area contributed by atoms with E-state index in [0.717, 1.165) is 5.56 Å². The summed E-state index contributed by atoms with van der Waals surface area (Å²) in [6.45, 7) is 1.77. The van der Waals surface area contributed by atoms with Gasteiger partial charge in [0.25, 0.3) is 0 Å². The van der Waals surface area contributed by atoms with Gasteiger partial charge in [0, 0.05) is 5.69 Å². The minimum Gasteiger partial charge on any atom is -0.508 e. The van der Waals surface area contributed by atoms with E-state index in [1.54, 1.807) is 43.3 Å². The van der Waals surface area contributed by atoms with E-state index in [1.807, 2.05) is 0 Å². The molecule has 104 valence electrons. The van der Waals surface area contributed by atoms with Crippen LogP contribution in [-0.4, -0.2) is 11.0 Å². The maximum atomic E-state index is 11.9. The first-order valence-electron chi connectivity index (χ1n) is 5.99. The zero-order chi connectivity index (χ0) is 14.7. The number of nitrogens with one attached hydrogen (secondary N) is 1. The zero-order valence-electron chi connectivity index (χ0n) is 10.8. The molecule has 0 saturated heterocycles. The first-order chi connectivity index (χ1) is 9.45. The third-order valence-corrected chi connectivity index (χ3v) is 3.57. The Labute approximate surface area is 127 Å². The van der Waals surface area contributed by atoms with E-state index in [2.05, 4.69) is 5.32 Å². The third-order valence-electron chi connectivity index (χ3n) is 2.83. The SMILES string of the molecule is Cc1cc(NC(=O)Cc2ccc(Cl)c(Cl)c2)ccc1O. The molecule has 2 rings (SSSR count). The highest BCUT2D eigenvalue weighted by molar-refractivity contribution is 6.42. The Bertz CT molecular complexity index is 601. The molecule has 1 amide bonds. The number of carbonyl (C=O) groups excluding carboxylic acids is 1. The number of phenols is 1. The predicted molar refractivity (Wildman–Crippen MR) is 81.6 cm³/mol. The van der Waals surface area contributed by atoms with Crippen LogP contribution in [0, 0.1) is 6.92 Å². The van der Waals surface area contributed by atoms with Gasteiger partial charge in [0.15, 0.2) is 0 Å². The summed E-state index contributed by atoms with van der Waals surface area (Å²) in [5, 5.41) is 13.1. The van der Waals surface area contributed by atoms with Gasteiger partial charge >= 0.3 is 0 Å². The lowest BCUT2D eigenvalue weighted by atomic mass is 10.1. The molecular weight excluding hydrogens is 297 g/mol. The molecule has 0 atom stereocenters. The summed E-state index contributed by atoms with van der Waals surface area (Å²) in [6, 6.07) is 10.00. The molecule has 0 fully saturated rings. The number of hydrogen-bond donors (Lipinski definition) is 2. The Balaban J connectivity index is 2.04. The van der Waals surface area contributed by atoms with Crippen molar-refractivity contribution in [1.82, 2.24) is 0 Å². The van der Waals surface area contributed by atoms with Crippen molar-refractivity contribution < 1.29 is 9.90 Å². The smallest absolute Gasteiger partial charge is 0.228 e. The minimum atomic E-state index is -0.159. The number of halogens is 2. The first kappa shape index (κ1) is 14.7. The van der Waals surface area contributed by atoms with E-state index in [1.165, 1.54) is 0 Å². The van der Waals surface area contributed by atoms with Crippen molar-refractivity contribution in [2.24, 2.45) is 0 Å². The van der Waals surface area contributed by atoms with Crippen molar-refractivity contribution in [3.8, 4) is 5.75 Å². The number of phenolic OH excluding ortho intramolecular Hbond substituents is 1. The number of rotatable bonds is 3. The van der Waals surface area contributed by atoms with Crippen molar-refractivity contribution >= 4 is 34.8 Å². The van der Waals surface area contributed by atoms with Crippen molar-refractivity contribution in [3.05, 3.63) is 57.6 Å². The maximum Gasteiger partial charge on any atom is 0.228 e. The molecule has 0 aliphatic rings. The lowest BCUT2D eigenvalue weighted by Crippen LogP contribution is -2.14. The van der Waals surface area contributed by atoms with Gasteiger partial charge < -0.3 is 10.4 Å². The molecule has 0 radical (unpaired) electrons. The third kappa shape index (κ3) is 3.65. The fraction of sp³-hybridized carbons (Fsp3) is 0.133. The van der Waals surface area contributed by atoms with E-state index in [0.29, 0.717) is 21.3 Å². The van der Waals surface area contributed by atoms with Crippen LogP contribution >= 0.6 is 23.2 Å². The molecule has 2 aromatic rings. The average Bonchev–Trinajstić information content (AvgIpc) is 2.38. The second-order valence-electron chi connectivity index (χ2n) is 4.47. The number of aromatic hydroxyl groups is 1. The number of amides is 1. The lowest BCUT2D eigenvalue weighted by Gasteiger charge is -2.07. The number of benzene rings is 2. The predicted octanol–water partition coefficient (Wildman–Crippen LogP) is 4.19. The van der Waals surface area contributed by atoms with Crippen LogP contribution in [0.3, 0.4) is 0 Å². The normalized spacial score (nSPS) is 10.3. The Morgan fingerprint density at radius 1 is 1.15 bits per heavy atom. The van der Waals surface area contributed by atoms with Gasteiger partial charge in [-0.15, -0.1) is 0 Å². The van der Waals surface area contributed by atoms with Gasteiger partial charge in [-0.05, 0) is 48.4 Å². The van der Waals surface area contributed by atoms with Crippen LogP contribution in [0.4, 0.5) is 5.69 Å². The fourth-order valence-electron chi connectivity index (χ4n) is 1.77. The zero-order valence-corrected chi connectivity index (χ0v) is 12.3. The number of carbonyl (C=O) groups is 1. The Kier molecular flexibility index (Phi) is 4.53. The molecule has 0 unspecified atom stereocenters. The number of anilines is 1. The van der Waals surface area contributed by atoms with E-state index in [4.69, 9.17) is 23.2 Å². The monoisotopic (exact) mass is 309 g/mol. The Hall–Kier alpha value is -1.71. The van der Waals surface area contributed by atoms with E-state index in [9.17, 15) is 9.90 Å². The molecule has 0 aliphatic carbocycles. The molecule has 0 aromatic heterocycles. The summed E-state index contributed by atoms with van der Waals surface area (Å²) in [7, 11) is 0. The summed E-state index contributed by atoms with van der Waals surface area (Å²) in [6.07, 6.45) is 0.205. The molecule has 3 nitrogen and oxygen atoms in total. The van der Waals surface area contributed by atoms with Crippen LogP contribution in [-0.2, 0) is 11.2 Å². The van der Waals surface area contributed by atoms with Crippen molar-refractivity contribution in [2.45, 2.75) is 13.3 Å². The molecule has 0 saturated carbocycles. The van der Waals surface area contributed by atoms with Gasteiger partial charge in [0.05, 0.1) is 16.5 Å². The summed E-state index contributed by atoms with van der Waals surface area (Å²) < 4.78 is 0. The van der Waals surface area contributed by atoms with Crippen LogP contribution in [0.1, 0.15) is 11.1 Å². The van der Waals surface area contributed by atoms with E-state index >= 15 is 0 Å². The number of aryl methyl sites for hydroxylation is 1. The minimum absolute atomic E-state index is 0.159. The molecule has 20 heavy (non-hydrogen) atoms. The van der Waals surface area contributed by atoms with Crippen molar-refractivity contribution in [2.75, 3.05) is 5.32 Å². The highest BCUT2D eigenvalue weighted by Crippen LogP contribution is 2.23. The average molecular weight is 310 g/mol. The van der Waals surface area contributed by atoms with E-state index in [-0.39, 0.29) is 18.1 Å². The van der Waals surface area contributed by atoms with Crippen LogP contribution < -0.4 is 5.32 Å². The Morgan fingerprint density at radius 3 is 2.55 bits per heavy atom. The summed E-state index contributed by atoms with van der Waals surface area (Å²) >= 11 is 11.7. The van der Waals surface area contributed by atoms with Gasteiger partial charge in [0.1, 0.15) is 5.75 Å².